The number of aryl methyl sites for hydroxylation is 1. The van der Waals surface area contributed by atoms with Gasteiger partial charge in [-0.3, -0.25) is 0 Å². The molecule has 0 bridgehead atoms. The Labute approximate surface area is 95.3 Å². The lowest BCUT2D eigenvalue weighted by molar-refractivity contribution is 1.06. The number of hydrogen-bond donors (Lipinski definition) is 0. The van der Waals surface area contributed by atoms with Crippen molar-refractivity contribution in [1.82, 2.24) is 0 Å². The molecule has 0 spiro atoms. The molecule has 0 heterocycles. The fourth-order valence-electron chi connectivity index (χ4n) is 1.21. The van der Waals surface area contributed by atoms with Crippen LogP contribution in [0.25, 0.3) is 0 Å². The summed E-state index contributed by atoms with van der Waals surface area (Å²) in [6.45, 7) is 2.21. The number of hydrogen-bond acceptors (Lipinski definition) is 0. The van der Waals surface area contributed by atoms with Crippen LogP contribution in [0.4, 0.5) is 0 Å². The smallest absolute Gasteiger partial charge is 0.132 e. The summed E-state index contributed by atoms with van der Waals surface area (Å²) in [6.07, 6.45) is 1.10. The summed E-state index contributed by atoms with van der Waals surface area (Å²) < 4.78 is 0. The topological polar surface area (TPSA) is 0 Å². The van der Waals surface area contributed by atoms with Gasteiger partial charge in [0, 0.05) is 5.33 Å². The molecule has 1 aromatic rings. The molecule has 0 fully saturated rings. The molecular formula is C10H14BrClSi. The Morgan fingerprint density at radius 1 is 1.38 bits per heavy atom. The number of benzene rings is 1. The van der Waals surface area contributed by atoms with Crippen molar-refractivity contribution in [3.8, 4) is 0 Å². The minimum absolute atomic E-state index is 0.421. The van der Waals surface area contributed by atoms with Gasteiger partial charge in [0.2, 0.25) is 0 Å². The normalized spacial score (nSPS) is 13.8. The lowest BCUT2D eigenvalue weighted by atomic mass is 10.1. The summed E-state index contributed by atoms with van der Waals surface area (Å²) in [5.41, 5.74) is 3.38. The molecule has 1 atom stereocenters. The molecule has 0 amide bonds. The van der Waals surface area contributed by atoms with Crippen molar-refractivity contribution in [2.24, 2.45) is 0 Å². The molecule has 0 aliphatic heterocycles. The van der Waals surface area contributed by atoms with E-state index in [0.717, 1.165) is 11.8 Å². The van der Waals surface area contributed by atoms with Gasteiger partial charge in [-0.2, -0.15) is 11.1 Å². The molecule has 0 saturated heterocycles. The molecule has 0 aliphatic rings. The predicted molar refractivity (Wildman–Crippen MR) is 66.8 cm³/mol. The second-order valence-corrected chi connectivity index (χ2v) is 6.49. The van der Waals surface area contributed by atoms with Gasteiger partial charge in [-0.05, 0) is 23.1 Å². The highest BCUT2D eigenvalue weighted by Gasteiger charge is 2.03. The van der Waals surface area contributed by atoms with Gasteiger partial charge in [0.1, 0.15) is 8.83 Å². The van der Waals surface area contributed by atoms with E-state index < -0.39 is 8.83 Å². The second kappa shape index (κ2) is 5.84. The molecule has 0 aliphatic carbocycles. The average molecular weight is 278 g/mol. The van der Waals surface area contributed by atoms with Crippen LogP contribution >= 0.6 is 27.0 Å². The molecule has 1 rings (SSSR count). The number of halogens is 2. The lowest BCUT2D eigenvalue weighted by Gasteiger charge is -2.07. The Bertz CT molecular complexity index is 248. The Hall–Kier alpha value is 0.207. The third-order valence-electron chi connectivity index (χ3n) is 2.16. The van der Waals surface area contributed by atoms with E-state index in [1.54, 1.807) is 0 Å². The van der Waals surface area contributed by atoms with Crippen LogP contribution in [0, 0.1) is 0 Å². The summed E-state index contributed by atoms with van der Waals surface area (Å²) in [5, 5.41) is 1.03. The third kappa shape index (κ3) is 3.45. The first-order chi connectivity index (χ1) is 6.27. The van der Waals surface area contributed by atoms with E-state index in [1.165, 1.54) is 11.1 Å². The van der Waals surface area contributed by atoms with Crippen LogP contribution < -0.4 is 0 Å². The highest BCUT2D eigenvalue weighted by atomic mass is 79.9. The molecule has 0 N–H and O–H groups in total. The minimum Gasteiger partial charge on any atom is -0.176 e. The molecule has 1 unspecified atom stereocenters. The standard InChI is InChI=1S/C10H14BrClSi/c1-8(13-12)10-4-2-9(3-5-10)6-7-11/h2-5,8H,6-7,13H2,1H3. The number of alkyl halides is 1. The molecule has 13 heavy (non-hydrogen) atoms. The first kappa shape index (κ1) is 11.3. The molecule has 72 valence electrons. The average Bonchev–Trinajstić information content (AvgIpc) is 2.18. The van der Waals surface area contributed by atoms with Crippen molar-refractivity contribution in [2.45, 2.75) is 18.9 Å². The first-order valence-corrected chi connectivity index (χ1v) is 8.56. The summed E-state index contributed by atoms with van der Waals surface area (Å²) in [4.78, 5) is 0. The van der Waals surface area contributed by atoms with E-state index in [4.69, 9.17) is 11.1 Å². The molecular weight excluding hydrogens is 264 g/mol. The highest BCUT2D eigenvalue weighted by molar-refractivity contribution is 9.09. The maximum absolute atomic E-state index is 5.92. The van der Waals surface area contributed by atoms with Crippen LogP contribution in [0.5, 0.6) is 0 Å². The van der Waals surface area contributed by atoms with E-state index in [0.29, 0.717) is 5.54 Å². The molecule has 0 nitrogen and oxygen atoms in total. The zero-order chi connectivity index (χ0) is 9.68. The Kier molecular flexibility index (Phi) is 5.07. The van der Waals surface area contributed by atoms with E-state index >= 15 is 0 Å². The van der Waals surface area contributed by atoms with Crippen LogP contribution in [-0.4, -0.2) is 14.2 Å². The van der Waals surface area contributed by atoms with Crippen LogP contribution in [0.1, 0.15) is 23.6 Å². The Morgan fingerprint density at radius 3 is 2.46 bits per heavy atom. The first-order valence-electron chi connectivity index (χ1n) is 4.48. The van der Waals surface area contributed by atoms with Crippen LogP contribution in [0.3, 0.4) is 0 Å². The van der Waals surface area contributed by atoms with Crippen LogP contribution in [-0.2, 0) is 6.42 Å². The van der Waals surface area contributed by atoms with Crippen LogP contribution in [0.2, 0.25) is 0 Å². The highest BCUT2D eigenvalue weighted by Crippen LogP contribution is 2.16. The van der Waals surface area contributed by atoms with E-state index in [-0.39, 0.29) is 0 Å². The van der Waals surface area contributed by atoms with Gasteiger partial charge in [0.25, 0.3) is 0 Å². The monoisotopic (exact) mass is 276 g/mol. The Morgan fingerprint density at radius 2 is 2.00 bits per heavy atom. The fourth-order valence-corrected chi connectivity index (χ4v) is 2.65. The minimum atomic E-state index is -0.421. The van der Waals surface area contributed by atoms with Gasteiger partial charge in [0.15, 0.2) is 0 Å². The maximum Gasteiger partial charge on any atom is 0.132 e. The largest absolute Gasteiger partial charge is 0.176 e. The molecule has 1 aromatic carbocycles. The zero-order valence-electron chi connectivity index (χ0n) is 7.76. The van der Waals surface area contributed by atoms with Gasteiger partial charge in [-0.1, -0.05) is 47.1 Å². The molecule has 0 saturated carbocycles. The van der Waals surface area contributed by atoms with Gasteiger partial charge < -0.3 is 0 Å². The predicted octanol–water partition coefficient (Wildman–Crippen LogP) is 3.01. The second-order valence-electron chi connectivity index (χ2n) is 3.24. The summed E-state index contributed by atoms with van der Waals surface area (Å²) >= 11 is 9.35. The van der Waals surface area contributed by atoms with Crippen LogP contribution in [0.15, 0.2) is 24.3 Å². The van der Waals surface area contributed by atoms with Gasteiger partial charge in [-0.25, -0.2) is 0 Å². The SMILES string of the molecule is CC([SiH2]Cl)c1ccc(CCBr)cc1. The van der Waals surface area contributed by atoms with Gasteiger partial charge in [-0.15, -0.1) is 0 Å². The van der Waals surface area contributed by atoms with E-state index in [2.05, 4.69) is 47.1 Å². The van der Waals surface area contributed by atoms with E-state index in [1.807, 2.05) is 0 Å². The van der Waals surface area contributed by atoms with Crippen molar-refractivity contribution in [1.29, 1.82) is 0 Å². The third-order valence-corrected chi connectivity index (χ3v) is 4.88. The molecule has 0 aromatic heterocycles. The fraction of sp³-hybridized carbons (Fsp3) is 0.400. The van der Waals surface area contributed by atoms with Crippen molar-refractivity contribution in [3.63, 3.8) is 0 Å². The molecule has 0 radical (unpaired) electrons. The Balaban J connectivity index is 2.69. The maximum atomic E-state index is 5.92. The summed E-state index contributed by atoms with van der Waals surface area (Å²) in [5.74, 6) is 0. The zero-order valence-corrected chi connectivity index (χ0v) is 11.5. The summed E-state index contributed by atoms with van der Waals surface area (Å²) in [7, 11) is -0.421. The lowest BCUT2D eigenvalue weighted by Crippen LogP contribution is -1.98. The van der Waals surface area contributed by atoms with Gasteiger partial charge in [0.05, 0.1) is 0 Å². The van der Waals surface area contributed by atoms with E-state index in [9.17, 15) is 0 Å². The quantitative estimate of drug-likeness (QED) is 0.451. The molecule has 3 heteroatoms. The van der Waals surface area contributed by atoms with Crippen molar-refractivity contribution in [2.75, 3.05) is 5.33 Å². The van der Waals surface area contributed by atoms with Gasteiger partial charge >= 0.3 is 0 Å². The van der Waals surface area contributed by atoms with Crippen molar-refractivity contribution < 1.29 is 0 Å². The van der Waals surface area contributed by atoms with Crippen molar-refractivity contribution >= 4 is 35.8 Å². The number of rotatable bonds is 4. The summed E-state index contributed by atoms with van der Waals surface area (Å²) in [6, 6.07) is 8.82. The van der Waals surface area contributed by atoms with Crippen molar-refractivity contribution in [3.05, 3.63) is 35.4 Å².